The first-order chi connectivity index (χ1) is 13.1. The van der Waals surface area contributed by atoms with Gasteiger partial charge in [-0.05, 0) is 43.0 Å². The Labute approximate surface area is 156 Å². The molecule has 0 radical (unpaired) electrons. The van der Waals surface area contributed by atoms with Crippen molar-refractivity contribution < 1.29 is 13.7 Å². The van der Waals surface area contributed by atoms with E-state index >= 15 is 0 Å². The number of fused-ring (bicyclic) bond motifs is 1. The number of carbonyl (C=O) groups excluding carboxylic acids is 1. The molecule has 1 aliphatic rings. The van der Waals surface area contributed by atoms with Crippen molar-refractivity contribution >= 4 is 17.0 Å². The molecule has 0 aliphatic carbocycles. The topological polar surface area (TPSA) is 71.3 Å². The first kappa shape index (κ1) is 17.5. The smallest absolute Gasteiger partial charge is 0.317 e. The number of nitrogens with one attached hydrogen (secondary N) is 1. The number of pyridine rings is 1. The minimum absolute atomic E-state index is 0.0676. The van der Waals surface area contributed by atoms with Crippen LogP contribution in [0.3, 0.4) is 0 Å². The Hall–Kier alpha value is -2.96. The molecule has 0 atom stereocenters. The summed E-state index contributed by atoms with van der Waals surface area (Å²) in [6.45, 7) is 3.74. The first-order valence-corrected chi connectivity index (χ1v) is 9.08. The van der Waals surface area contributed by atoms with Crippen molar-refractivity contribution in [3.05, 3.63) is 59.3 Å². The second kappa shape index (κ2) is 7.34. The Balaban J connectivity index is 1.34. The average Bonchev–Trinajstić information content (AvgIpc) is 3.09. The van der Waals surface area contributed by atoms with Crippen molar-refractivity contribution in [3.63, 3.8) is 0 Å². The molecule has 1 aliphatic heterocycles. The molecule has 1 fully saturated rings. The Bertz CT molecular complexity index is 964. The molecule has 3 heterocycles. The summed E-state index contributed by atoms with van der Waals surface area (Å²) in [6, 6.07) is 6.44. The van der Waals surface area contributed by atoms with Gasteiger partial charge in [-0.3, -0.25) is 4.98 Å². The van der Waals surface area contributed by atoms with Gasteiger partial charge in [0, 0.05) is 49.4 Å². The van der Waals surface area contributed by atoms with Crippen molar-refractivity contribution in [1.29, 1.82) is 0 Å². The van der Waals surface area contributed by atoms with Gasteiger partial charge < -0.3 is 14.7 Å². The highest BCUT2D eigenvalue weighted by Crippen LogP contribution is 2.32. The van der Waals surface area contributed by atoms with Crippen LogP contribution in [-0.4, -0.2) is 34.2 Å². The monoisotopic (exact) mass is 368 g/mol. The van der Waals surface area contributed by atoms with Crippen LogP contribution in [0, 0.1) is 12.7 Å². The largest absolute Gasteiger partial charge is 0.356 e. The lowest BCUT2D eigenvalue weighted by molar-refractivity contribution is 0.180. The highest BCUT2D eigenvalue weighted by atomic mass is 19.1. The molecular formula is C20H21FN4O2. The number of nitrogens with zero attached hydrogens (tertiary/aromatic N) is 3. The summed E-state index contributed by atoms with van der Waals surface area (Å²) in [4.78, 5) is 18.4. The number of piperidine rings is 1. The Morgan fingerprint density at radius 2 is 2.11 bits per heavy atom. The van der Waals surface area contributed by atoms with Crippen molar-refractivity contribution in [2.24, 2.45) is 0 Å². The first-order valence-electron chi connectivity index (χ1n) is 9.08. The molecule has 1 N–H and O–H groups in total. The van der Waals surface area contributed by atoms with Gasteiger partial charge in [-0.15, -0.1) is 0 Å². The molecule has 0 spiro atoms. The van der Waals surface area contributed by atoms with Gasteiger partial charge >= 0.3 is 6.03 Å². The quantitative estimate of drug-likeness (QED) is 0.764. The molecular weight excluding hydrogens is 347 g/mol. The third-order valence-electron chi connectivity index (χ3n) is 5.01. The summed E-state index contributed by atoms with van der Waals surface area (Å²) in [5.41, 5.74) is 3.38. The SMILES string of the molecule is Cc1cncc(CNC(=O)N2CCC(c3noc4cc(F)ccc34)CC2)c1. The van der Waals surface area contributed by atoms with Gasteiger partial charge in [-0.25, -0.2) is 9.18 Å². The molecule has 7 heteroatoms. The minimum atomic E-state index is -0.333. The number of aryl methyl sites for hydroxylation is 1. The predicted octanol–water partition coefficient (Wildman–Crippen LogP) is 3.76. The van der Waals surface area contributed by atoms with Crippen molar-refractivity contribution in [2.75, 3.05) is 13.1 Å². The van der Waals surface area contributed by atoms with Crippen LogP contribution in [0.4, 0.5) is 9.18 Å². The number of urea groups is 1. The van der Waals surface area contributed by atoms with E-state index < -0.39 is 0 Å². The Morgan fingerprint density at radius 3 is 2.89 bits per heavy atom. The van der Waals surface area contributed by atoms with E-state index in [2.05, 4.69) is 15.5 Å². The van der Waals surface area contributed by atoms with Gasteiger partial charge in [-0.1, -0.05) is 11.2 Å². The fourth-order valence-corrected chi connectivity index (χ4v) is 3.58. The number of halogens is 1. The molecule has 0 unspecified atom stereocenters. The van der Waals surface area contributed by atoms with Crippen molar-refractivity contribution in [2.45, 2.75) is 32.2 Å². The van der Waals surface area contributed by atoms with Crippen LogP contribution in [0.1, 0.15) is 35.6 Å². The van der Waals surface area contributed by atoms with E-state index in [1.807, 2.05) is 17.9 Å². The summed E-state index contributed by atoms with van der Waals surface area (Å²) < 4.78 is 18.6. The van der Waals surface area contributed by atoms with E-state index in [0.717, 1.165) is 35.0 Å². The van der Waals surface area contributed by atoms with Gasteiger partial charge in [0.25, 0.3) is 0 Å². The highest BCUT2D eigenvalue weighted by Gasteiger charge is 2.27. The zero-order valence-corrected chi connectivity index (χ0v) is 15.1. The normalized spacial score (nSPS) is 15.3. The maximum atomic E-state index is 13.3. The van der Waals surface area contributed by atoms with Crippen LogP contribution in [0.5, 0.6) is 0 Å². The molecule has 1 saturated heterocycles. The maximum absolute atomic E-state index is 13.3. The third kappa shape index (κ3) is 3.77. The average molecular weight is 368 g/mol. The summed E-state index contributed by atoms with van der Waals surface area (Å²) in [6.07, 6.45) is 5.16. The lowest BCUT2D eigenvalue weighted by atomic mass is 9.92. The third-order valence-corrected chi connectivity index (χ3v) is 5.01. The van der Waals surface area contributed by atoms with Crippen LogP contribution in [0.2, 0.25) is 0 Å². The van der Waals surface area contributed by atoms with E-state index in [0.29, 0.717) is 25.2 Å². The molecule has 2 amide bonds. The van der Waals surface area contributed by atoms with Gasteiger partial charge in [-0.2, -0.15) is 0 Å². The molecule has 0 bridgehead atoms. The van der Waals surface area contributed by atoms with E-state index in [-0.39, 0.29) is 17.8 Å². The van der Waals surface area contributed by atoms with Crippen LogP contribution in [0.25, 0.3) is 11.0 Å². The molecule has 4 rings (SSSR count). The Morgan fingerprint density at radius 1 is 1.30 bits per heavy atom. The summed E-state index contributed by atoms with van der Waals surface area (Å²) in [5.74, 6) is -0.123. The summed E-state index contributed by atoms with van der Waals surface area (Å²) >= 11 is 0. The molecule has 3 aromatic rings. The molecule has 2 aromatic heterocycles. The number of benzene rings is 1. The zero-order valence-electron chi connectivity index (χ0n) is 15.1. The molecule has 1 aromatic carbocycles. The van der Waals surface area contributed by atoms with Gasteiger partial charge in [0.2, 0.25) is 0 Å². The van der Waals surface area contributed by atoms with E-state index in [1.165, 1.54) is 12.1 Å². The fourth-order valence-electron chi connectivity index (χ4n) is 3.58. The zero-order chi connectivity index (χ0) is 18.8. The number of carbonyl (C=O) groups is 1. The second-order valence-electron chi connectivity index (χ2n) is 7.00. The number of rotatable bonds is 3. The van der Waals surface area contributed by atoms with Gasteiger partial charge in [0.15, 0.2) is 5.58 Å². The van der Waals surface area contributed by atoms with Crippen LogP contribution in [0.15, 0.2) is 41.2 Å². The standard InChI is InChI=1S/C20H21FN4O2/c1-13-8-14(11-22-10-13)12-23-20(26)25-6-4-15(5-7-25)19-17-3-2-16(21)9-18(17)27-24-19/h2-3,8-11,15H,4-7,12H2,1H3,(H,23,26). The number of likely N-dealkylation sites (tertiary alicyclic amines) is 1. The number of hydrogen-bond donors (Lipinski definition) is 1. The van der Waals surface area contributed by atoms with Crippen molar-refractivity contribution in [3.8, 4) is 0 Å². The van der Waals surface area contributed by atoms with Crippen LogP contribution >= 0.6 is 0 Å². The molecule has 6 nitrogen and oxygen atoms in total. The highest BCUT2D eigenvalue weighted by molar-refractivity contribution is 5.80. The van der Waals surface area contributed by atoms with Crippen LogP contribution < -0.4 is 5.32 Å². The number of hydrogen-bond acceptors (Lipinski definition) is 4. The fraction of sp³-hybridized carbons (Fsp3) is 0.350. The van der Waals surface area contributed by atoms with E-state index in [1.54, 1.807) is 18.5 Å². The maximum Gasteiger partial charge on any atom is 0.317 e. The number of amides is 2. The molecule has 0 saturated carbocycles. The minimum Gasteiger partial charge on any atom is -0.356 e. The summed E-state index contributed by atoms with van der Waals surface area (Å²) in [5, 5.41) is 7.95. The Kier molecular flexibility index (Phi) is 4.75. The molecule has 140 valence electrons. The van der Waals surface area contributed by atoms with Crippen molar-refractivity contribution in [1.82, 2.24) is 20.4 Å². The summed E-state index contributed by atoms with van der Waals surface area (Å²) in [7, 11) is 0. The number of aromatic nitrogens is 2. The van der Waals surface area contributed by atoms with Gasteiger partial charge in [0.1, 0.15) is 5.82 Å². The second-order valence-corrected chi connectivity index (χ2v) is 7.00. The molecule has 27 heavy (non-hydrogen) atoms. The lowest BCUT2D eigenvalue weighted by Crippen LogP contribution is -2.43. The predicted molar refractivity (Wildman–Crippen MR) is 98.7 cm³/mol. The van der Waals surface area contributed by atoms with E-state index in [9.17, 15) is 9.18 Å². The lowest BCUT2D eigenvalue weighted by Gasteiger charge is -2.31. The van der Waals surface area contributed by atoms with Crippen LogP contribution in [-0.2, 0) is 6.54 Å². The van der Waals surface area contributed by atoms with E-state index in [4.69, 9.17) is 4.52 Å². The van der Waals surface area contributed by atoms with Gasteiger partial charge in [0.05, 0.1) is 5.69 Å².